The van der Waals surface area contributed by atoms with Crippen LogP contribution >= 0.6 is 12.2 Å². The molecule has 0 spiro atoms. The molecule has 1 aliphatic heterocycles. The molecular formula is C12H17N3O3S. The normalized spacial score (nSPS) is 19.9. The highest BCUT2D eigenvalue weighted by Gasteiger charge is 2.36. The lowest BCUT2D eigenvalue weighted by Crippen LogP contribution is -2.58. The topological polar surface area (TPSA) is 71.0 Å². The number of nitrogens with one attached hydrogen (secondary N) is 1. The van der Waals surface area contributed by atoms with Crippen LogP contribution in [0, 0.1) is 5.92 Å². The quantitative estimate of drug-likeness (QED) is 0.237. The van der Waals surface area contributed by atoms with Crippen molar-refractivity contribution in [1.82, 2.24) is 10.2 Å². The van der Waals surface area contributed by atoms with Gasteiger partial charge >= 0.3 is 0 Å². The van der Waals surface area contributed by atoms with Crippen LogP contribution < -0.4 is 5.32 Å². The number of carbonyl (C=O) groups is 2. The summed E-state index contributed by atoms with van der Waals surface area (Å²) < 4.78 is 4.88. The van der Waals surface area contributed by atoms with E-state index in [1.54, 1.807) is 13.2 Å². The van der Waals surface area contributed by atoms with Crippen LogP contribution in [-0.2, 0) is 14.3 Å². The lowest BCUT2D eigenvalue weighted by molar-refractivity contribution is -0.137. The Kier molecular flexibility index (Phi) is 6.31. The summed E-state index contributed by atoms with van der Waals surface area (Å²) in [7, 11) is 1.61. The molecule has 1 N–H and O–H groups in total. The highest BCUT2D eigenvalue weighted by Crippen LogP contribution is 2.09. The number of ether oxygens (including phenoxy) is 1. The highest BCUT2D eigenvalue weighted by atomic mass is 32.1. The van der Waals surface area contributed by atoms with E-state index in [1.165, 1.54) is 11.1 Å². The Morgan fingerprint density at radius 3 is 2.95 bits per heavy atom. The first-order chi connectivity index (χ1) is 9.11. The molecule has 0 aliphatic carbocycles. The minimum atomic E-state index is -0.922. The first-order valence-electron chi connectivity index (χ1n) is 5.87. The summed E-state index contributed by atoms with van der Waals surface area (Å²) in [5, 5.41) is 2.59. The van der Waals surface area contributed by atoms with Gasteiger partial charge in [-0.15, -0.1) is 6.58 Å². The monoisotopic (exact) mass is 283 g/mol. The van der Waals surface area contributed by atoms with Gasteiger partial charge in [-0.25, -0.2) is 0 Å². The van der Waals surface area contributed by atoms with Crippen molar-refractivity contribution in [1.29, 1.82) is 0 Å². The van der Waals surface area contributed by atoms with Crippen LogP contribution in [0.4, 0.5) is 0 Å². The number of nitrogens with zero attached hydrogens (tertiary/aromatic N) is 2. The van der Waals surface area contributed by atoms with Crippen LogP contribution in [0.1, 0.15) is 6.42 Å². The van der Waals surface area contributed by atoms with Gasteiger partial charge in [0.1, 0.15) is 0 Å². The Morgan fingerprint density at radius 2 is 2.32 bits per heavy atom. The van der Waals surface area contributed by atoms with Crippen LogP contribution in [0.2, 0.25) is 0 Å². The summed E-state index contributed by atoms with van der Waals surface area (Å²) >= 11 is 4.93. The number of rotatable bonds is 7. The number of methoxy groups -OCH3 is 1. The second-order valence-corrected chi connectivity index (χ2v) is 4.30. The molecule has 1 fully saturated rings. The van der Waals surface area contributed by atoms with Crippen molar-refractivity contribution < 1.29 is 14.3 Å². The van der Waals surface area contributed by atoms with E-state index in [0.29, 0.717) is 13.2 Å². The van der Waals surface area contributed by atoms with Crippen molar-refractivity contribution in [3.8, 4) is 0 Å². The molecule has 1 heterocycles. The number of hydrogen-bond acceptors (Lipinski definition) is 5. The zero-order valence-corrected chi connectivity index (χ0v) is 11.6. The van der Waals surface area contributed by atoms with Crippen molar-refractivity contribution in [3.63, 3.8) is 0 Å². The SMILES string of the molecule is C=CCN1C(=O)C(C=NCCCOC)C(=O)NC1=S. The molecule has 7 heteroatoms. The van der Waals surface area contributed by atoms with Crippen LogP contribution in [0.25, 0.3) is 0 Å². The average Bonchev–Trinajstić information content (AvgIpc) is 2.37. The van der Waals surface area contributed by atoms with Gasteiger partial charge in [-0.05, 0) is 18.6 Å². The van der Waals surface area contributed by atoms with Gasteiger partial charge in [-0.3, -0.25) is 19.5 Å². The molecule has 1 unspecified atom stereocenters. The molecule has 1 saturated heterocycles. The molecule has 2 amide bonds. The maximum absolute atomic E-state index is 12.1. The third-order valence-electron chi connectivity index (χ3n) is 2.49. The summed E-state index contributed by atoms with van der Waals surface area (Å²) in [4.78, 5) is 29.1. The fraction of sp³-hybridized carbons (Fsp3) is 0.500. The van der Waals surface area contributed by atoms with E-state index < -0.39 is 11.8 Å². The van der Waals surface area contributed by atoms with Gasteiger partial charge in [0.05, 0.1) is 0 Å². The van der Waals surface area contributed by atoms with E-state index in [4.69, 9.17) is 17.0 Å². The lowest BCUT2D eigenvalue weighted by atomic mass is 10.1. The summed E-state index contributed by atoms with van der Waals surface area (Å²) in [5.41, 5.74) is 0. The van der Waals surface area contributed by atoms with Gasteiger partial charge in [0, 0.05) is 33.0 Å². The van der Waals surface area contributed by atoms with Crippen molar-refractivity contribution in [2.24, 2.45) is 10.9 Å². The first kappa shape index (κ1) is 15.5. The van der Waals surface area contributed by atoms with Gasteiger partial charge in [-0.2, -0.15) is 0 Å². The third kappa shape index (κ3) is 4.22. The van der Waals surface area contributed by atoms with Crippen LogP contribution in [0.3, 0.4) is 0 Å². The Morgan fingerprint density at radius 1 is 1.58 bits per heavy atom. The maximum atomic E-state index is 12.1. The Labute approximate surface area is 117 Å². The number of aliphatic imine (C=N–C) groups is 1. The molecule has 19 heavy (non-hydrogen) atoms. The van der Waals surface area contributed by atoms with E-state index >= 15 is 0 Å². The van der Waals surface area contributed by atoms with E-state index in [2.05, 4.69) is 16.9 Å². The van der Waals surface area contributed by atoms with Crippen molar-refractivity contribution in [2.75, 3.05) is 26.8 Å². The fourth-order valence-electron chi connectivity index (χ4n) is 1.54. The molecule has 0 saturated carbocycles. The minimum absolute atomic E-state index is 0.110. The van der Waals surface area contributed by atoms with Gasteiger partial charge in [0.2, 0.25) is 11.8 Å². The minimum Gasteiger partial charge on any atom is -0.385 e. The number of amides is 2. The van der Waals surface area contributed by atoms with Gasteiger partial charge < -0.3 is 10.1 Å². The van der Waals surface area contributed by atoms with Gasteiger partial charge in [0.15, 0.2) is 11.0 Å². The molecule has 0 aromatic heterocycles. The van der Waals surface area contributed by atoms with E-state index in [0.717, 1.165) is 6.42 Å². The molecule has 0 aromatic rings. The van der Waals surface area contributed by atoms with Crippen molar-refractivity contribution >= 4 is 35.4 Å². The number of thiocarbonyl (C=S) groups is 1. The van der Waals surface area contributed by atoms with E-state index in [-0.39, 0.29) is 17.6 Å². The van der Waals surface area contributed by atoms with Crippen molar-refractivity contribution in [2.45, 2.75) is 6.42 Å². The zero-order chi connectivity index (χ0) is 14.3. The molecule has 1 atom stereocenters. The van der Waals surface area contributed by atoms with E-state index in [1.807, 2.05) is 0 Å². The fourth-order valence-corrected chi connectivity index (χ4v) is 1.81. The smallest absolute Gasteiger partial charge is 0.247 e. The first-order valence-corrected chi connectivity index (χ1v) is 6.28. The van der Waals surface area contributed by atoms with Crippen molar-refractivity contribution in [3.05, 3.63) is 12.7 Å². The van der Waals surface area contributed by atoms with Gasteiger partial charge in [-0.1, -0.05) is 6.08 Å². The van der Waals surface area contributed by atoms with Crippen LogP contribution in [-0.4, -0.2) is 54.8 Å². The molecule has 1 aliphatic rings. The van der Waals surface area contributed by atoms with Crippen LogP contribution in [0.5, 0.6) is 0 Å². The number of carbonyl (C=O) groups excluding carboxylic acids is 2. The molecule has 0 bridgehead atoms. The summed E-state index contributed by atoms with van der Waals surface area (Å²) in [6.07, 6.45) is 3.66. The molecule has 1 rings (SSSR count). The molecule has 0 aromatic carbocycles. The molecule has 6 nitrogen and oxygen atoms in total. The predicted octanol–water partition coefficient (Wildman–Crippen LogP) is 0.139. The molecular weight excluding hydrogens is 266 g/mol. The highest BCUT2D eigenvalue weighted by molar-refractivity contribution is 7.80. The second kappa shape index (κ2) is 7.75. The predicted molar refractivity (Wildman–Crippen MR) is 76.0 cm³/mol. The Balaban J connectivity index is 2.65. The summed E-state index contributed by atoms with van der Waals surface area (Å²) in [6, 6.07) is 0. The average molecular weight is 283 g/mol. The largest absolute Gasteiger partial charge is 0.385 e. The Hall–Kier alpha value is -1.60. The second-order valence-electron chi connectivity index (χ2n) is 3.91. The molecule has 0 radical (unpaired) electrons. The van der Waals surface area contributed by atoms with E-state index in [9.17, 15) is 9.59 Å². The third-order valence-corrected chi connectivity index (χ3v) is 2.81. The van der Waals surface area contributed by atoms with Crippen LogP contribution in [0.15, 0.2) is 17.6 Å². The Bertz CT molecular complexity index is 409. The maximum Gasteiger partial charge on any atom is 0.247 e. The standard InChI is InChI=1S/C12H17N3O3S/c1-3-6-15-11(17)9(10(16)14-12(15)19)8-13-5-4-7-18-2/h3,8-9H,1,4-7H2,2H3,(H,14,16,19). The van der Waals surface area contributed by atoms with Gasteiger partial charge in [0.25, 0.3) is 0 Å². The lowest BCUT2D eigenvalue weighted by Gasteiger charge is -2.29. The number of hydrogen-bond donors (Lipinski definition) is 1. The summed E-state index contributed by atoms with van der Waals surface area (Å²) in [6.45, 7) is 4.92. The zero-order valence-electron chi connectivity index (χ0n) is 10.8. The molecule has 104 valence electrons. The summed E-state index contributed by atoms with van der Waals surface area (Å²) in [5.74, 6) is -1.73.